The molecule has 1 N–H and O–H groups in total. The maximum absolute atomic E-state index is 12.4. The van der Waals surface area contributed by atoms with Gasteiger partial charge in [-0.1, -0.05) is 32.0 Å². The highest BCUT2D eigenvalue weighted by molar-refractivity contribution is 5.93. The Labute approximate surface area is 128 Å². The van der Waals surface area contributed by atoms with Crippen molar-refractivity contribution in [2.24, 2.45) is 0 Å². The van der Waals surface area contributed by atoms with Crippen LogP contribution in [0.3, 0.4) is 0 Å². The number of para-hydroxylation sites is 1. The summed E-state index contributed by atoms with van der Waals surface area (Å²) in [6.07, 6.45) is 2.21. The third-order valence-corrected chi connectivity index (χ3v) is 3.94. The minimum atomic E-state index is -0.300. The highest BCUT2D eigenvalue weighted by Crippen LogP contribution is 2.27. The summed E-state index contributed by atoms with van der Waals surface area (Å²) in [6.45, 7) is 5.83. The molecule has 21 heavy (non-hydrogen) atoms. The van der Waals surface area contributed by atoms with Crippen LogP contribution in [-0.2, 0) is 9.53 Å². The molecule has 0 unspecified atom stereocenters. The maximum atomic E-state index is 12.4. The molecular formula is C17H28N2O2. The normalized spacial score (nSPS) is 16.6. The van der Waals surface area contributed by atoms with Gasteiger partial charge in [-0.05, 0) is 38.1 Å². The van der Waals surface area contributed by atoms with Crippen LogP contribution in [0.15, 0.2) is 30.3 Å². The molecule has 0 saturated carbocycles. The molecule has 1 amide bonds. The van der Waals surface area contributed by atoms with E-state index in [1.165, 1.54) is 0 Å². The van der Waals surface area contributed by atoms with Crippen molar-refractivity contribution in [3.8, 4) is 0 Å². The van der Waals surface area contributed by atoms with Crippen LogP contribution in [0.5, 0.6) is 0 Å². The van der Waals surface area contributed by atoms with E-state index in [4.69, 9.17) is 4.74 Å². The van der Waals surface area contributed by atoms with Crippen molar-refractivity contribution in [2.45, 2.75) is 38.7 Å². The van der Waals surface area contributed by atoms with Crippen LogP contribution >= 0.6 is 0 Å². The zero-order chi connectivity index (χ0) is 15.7. The summed E-state index contributed by atoms with van der Waals surface area (Å²) < 4.78 is 5.65. The van der Waals surface area contributed by atoms with Gasteiger partial charge >= 0.3 is 0 Å². The Morgan fingerprint density at radius 2 is 1.81 bits per heavy atom. The SMILES string of the molecule is CC.COC1(CC(=O)N(C)c2ccccc2)CCNCC1. The van der Waals surface area contributed by atoms with Gasteiger partial charge in [0.2, 0.25) is 5.91 Å². The van der Waals surface area contributed by atoms with E-state index in [0.717, 1.165) is 31.6 Å². The minimum absolute atomic E-state index is 0.106. The zero-order valence-corrected chi connectivity index (χ0v) is 13.7. The monoisotopic (exact) mass is 292 g/mol. The van der Waals surface area contributed by atoms with Crippen LogP contribution in [0.1, 0.15) is 33.1 Å². The van der Waals surface area contributed by atoms with Crippen LogP contribution in [0, 0.1) is 0 Å². The first kappa shape index (κ1) is 17.7. The fraction of sp³-hybridized carbons (Fsp3) is 0.588. The minimum Gasteiger partial charge on any atom is -0.378 e. The standard InChI is InChI=1S/C15H22N2O2.C2H6/c1-17(13-6-4-3-5-7-13)14(18)12-15(19-2)8-10-16-11-9-15;1-2/h3-7,16H,8-12H2,1-2H3;1-2H3. The molecule has 1 aliphatic rings. The molecule has 0 atom stereocenters. The van der Waals surface area contributed by atoms with Gasteiger partial charge in [0.15, 0.2) is 0 Å². The van der Waals surface area contributed by atoms with Crippen molar-refractivity contribution < 1.29 is 9.53 Å². The average Bonchev–Trinajstić information content (AvgIpc) is 2.57. The second-order valence-electron chi connectivity index (χ2n) is 5.10. The summed E-state index contributed by atoms with van der Waals surface area (Å²) in [5.41, 5.74) is 0.624. The van der Waals surface area contributed by atoms with Gasteiger partial charge in [0, 0.05) is 19.8 Å². The number of ether oxygens (including phenoxy) is 1. The number of carbonyl (C=O) groups excluding carboxylic acids is 1. The third kappa shape index (κ3) is 4.83. The van der Waals surface area contributed by atoms with Crippen molar-refractivity contribution >= 4 is 11.6 Å². The lowest BCUT2D eigenvalue weighted by molar-refractivity contribution is -0.126. The Balaban J connectivity index is 0.00000106. The first-order chi connectivity index (χ1) is 10.2. The molecule has 1 aromatic carbocycles. The first-order valence-electron chi connectivity index (χ1n) is 7.74. The molecule has 118 valence electrons. The van der Waals surface area contributed by atoms with E-state index in [-0.39, 0.29) is 11.5 Å². The van der Waals surface area contributed by atoms with E-state index < -0.39 is 0 Å². The van der Waals surface area contributed by atoms with Crippen molar-refractivity contribution in [1.29, 1.82) is 0 Å². The van der Waals surface area contributed by atoms with Gasteiger partial charge < -0.3 is 15.0 Å². The fourth-order valence-electron chi connectivity index (χ4n) is 2.53. The summed E-state index contributed by atoms with van der Waals surface area (Å²) in [6, 6.07) is 9.72. The molecule has 1 heterocycles. The van der Waals surface area contributed by atoms with Crippen LogP contribution in [0.2, 0.25) is 0 Å². The lowest BCUT2D eigenvalue weighted by atomic mass is 9.88. The number of piperidine rings is 1. The van der Waals surface area contributed by atoms with Crippen molar-refractivity contribution in [2.75, 3.05) is 32.1 Å². The number of benzene rings is 1. The summed E-state index contributed by atoms with van der Waals surface area (Å²) in [7, 11) is 3.53. The quantitative estimate of drug-likeness (QED) is 0.928. The Morgan fingerprint density at radius 3 is 2.33 bits per heavy atom. The molecule has 0 aliphatic carbocycles. The number of rotatable bonds is 4. The van der Waals surface area contributed by atoms with E-state index in [2.05, 4.69) is 5.32 Å². The van der Waals surface area contributed by atoms with Crippen molar-refractivity contribution in [3.63, 3.8) is 0 Å². The summed E-state index contributed by atoms with van der Waals surface area (Å²) >= 11 is 0. The van der Waals surface area contributed by atoms with E-state index >= 15 is 0 Å². The van der Waals surface area contributed by atoms with Crippen LogP contribution in [-0.4, -0.2) is 38.8 Å². The highest BCUT2D eigenvalue weighted by atomic mass is 16.5. The molecule has 0 radical (unpaired) electrons. The molecule has 1 aromatic rings. The van der Waals surface area contributed by atoms with Gasteiger partial charge in [0.25, 0.3) is 0 Å². The van der Waals surface area contributed by atoms with Gasteiger partial charge in [-0.15, -0.1) is 0 Å². The molecule has 2 rings (SSSR count). The lowest BCUT2D eigenvalue weighted by Crippen LogP contribution is -2.46. The van der Waals surface area contributed by atoms with Gasteiger partial charge in [-0.3, -0.25) is 4.79 Å². The van der Waals surface area contributed by atoms with Crippen molar-refractivity contribution in [1.82, 2.24) is 5.32 Å². The summed E-state index contributed by atoms with van der Waals surface area (Å²) in [5.74, 6) is 0.106. The van der Waals surface area contributed by atoms with E-state index in [1.54, 1.807) is 12.0 Å². The number of carbonyl (C=O) groups is 1. The van der Waals surface area contributed by atoms with Crippen LogP contribution < -0.4 is 10.2 Å². The molecule has 0 bridgehead atoms. The third-order valence-electron chi connectivity index (χ3n) is 3.94. The summed E-state index contributed by atoms with van der Waals surface area (Å²) in [5, 5.41) is 3.30. The number of methoxy groups -OCH3 is 1. The van der Waals surface area contributed by atoms with Crippen LogP contribution in [0.25, 0.3) is 0 Å². The van der Waals surface area contributed by atoms with Crippen LogP contribution in [0.4, 0.5) is 5.69 Å². The molecule has 4 nitrogen and oxygen atoms in total. The Morgan fingerprint density at radius 1 is 1.24 bits per heavy atom. The lowest BCUT2D eigenvalue weighted by Gasteiger charge is -2.36. The number of nitrogens with one attached hydrogen (secondary N) is 1. The number of nitrogens with zero attached hydrogens (tertiary/aromatic N) is 1. The van der Waals surface area contributed by atoms with Gasteiger partial charge in [0.05, 0.1) is 12.0 Å². The Bertz CT molecular complexity index is 414. The largest absolute Gasteiger partial charge is 0.378 e. The van der Waals surface area contributed by atoms with E-state index in [1.807, 2.05) is 51.2 Å². The second-order valence-corrected chi connectivity index (χ2v) is 5.10. The predicted octanol–water partition coefficient (Wildman–Crippen LogP) is 2.83. The van der Waals surface area contributed by atoms with Gasteiger partial charge in [-0.25, -0.2) is 0 Å². The number of amides is 1. The molecule has 1 fully saturated rings. The molecular weight excluding hydrogens is 264 g/mol. The zero-order valence-electron chi connectivity index (χ0n) is 13.7. The van der Waals surface area contributed by atoms with E-state index in [9.17, 15) is 4.79 Å². The molecule has 0 aromatic heterocycles. The molecule has 0 spiro atoms. The summed E-state index contributed by atoms with van der Waals surface area (Å²) in [4.78, 5) is 14.1. The first-order valence-corrected chi connectivity index (χ1v) is 7.74. The predicted molar refractivity (Wildman–Crippen MR) is 87.7 cm³/mol. The maximum Gasteiger partial charge on any atom is 0.229 e. The van der Waals surface area contributed by atoms with E-state index in [0.29, 0.717) is 6.42 Å². The number of anilines is 1. The molecule has 1 saturated heterocycles. The Hall–Kier alpha value is -1.39. The molecule has 1 aliphatic heterocycles. The average molecular weight is 292 g/mol. The van der Waals surface area contributed by atoms with Gasteiger partial charge in [-0.2, -0.15) is 0 Å². The number of hydrogen-bond acceptors (Lipinski definition) is 3. The topological polar surface area (TPSA) is 41.6 Å². The Kier molecular flexibility index (Phi) is 7.40. The highest BCUT2D eigenvalue weighted by Gasteiger charge is 2.35. The number of hydrogen-bond donors (Lipinski definition) is 1. The molecule has 4 heteroatoms. The smallest absolute Gasteiger partial charge is 0.229 e. The fourth-order valence-corrected chi connectivity index (χ4v) is 2.53. The van der Waals surface area contributed by atoms with Gasteiger partial charge in [0.1, 0.15) is 0 Å². The second kappa shape index (κ2) is 8.80. The van der Waals surface area contributed by atoms with Crippen molar-refractivity contribution in [3.05, 3.63) is 30.3 Å².